The van der Waals surface area contributed by atoms with Gasteiger partial charge in [-0.15, -0.1) is 10.2 Å². The number of aromatic nitrogens is 3. The predicted molar refractivity (Wildman–Crippen MR) is 97.9 cm³/mol. The van der Waals surface area contributed by atoms with E-state index in [9.17, 15) is 4.79 Å². The lowest BCUT2D eigenvalue weighted by atomic mass is 10.1. The largest absolute Gasteiger partial charge is 0.497 e. The molecule has 1 aliphatic heterocycles. The molecule has 0 aliphatic carbocycles. The van der Waals surface area contributed by atoms with Crippen LogP contribution in [-0.2, 0) is 13.1 Å². The van der Waals surface area contributed by atoms with Gasteiger partial charge in [0.2, 0.25) is 0 Å². The van der Waals surface area contributed by atoms with E-state index < -0.39 is 0 Å². The van der Waals surface area contributed by atoms with Crippen LogP contribution in [0.3, 0.4) is 0 Å². The maximum absolute atomic E-state index is 12.7. The van der Waals surface area contributed by atoms with Crippen molar-refractivity contribution in [3.63, 3.8) is 0 Å². The number of hydrogen-bond acceptors (Lipinski definition) is 4. The summed E-state index contributed by atoms with van der Waals surface area (Å²) >= 11 is 0. The van der Waals surface area contributed by atoms with Gasteiger partial charge in [0.15, 0.2) is 11.6 Å². The second kappa shape index (κ2) is 6.63. The van der Waals surface area contributed by atoms with Crippen LogP contribution in [-0.4, -0.2) is 39.2 Å². The molecule has 26 heavy (non-hydrogen) atoms. The predicted octanol–water partition coefficient (Wildman–Crippen LogP) is 2.92. The van der Waals surface area contributed by atoms with Crippen molar-refractivity contribution >= 4 is 5.91 Å². The lowest BCUT2D eigenvalue weighted by molar-refractivity contribution is 0.0708. The van der Waals surface area contributed by atoms with E-state index in [2.05, 4.69) is 14.8 Å². The quantitative estimate of drug-likeness (QED) is 0.730. The third-order valence-corrected chi connectivity index (χ3v) is 4.69. The van der Waals surface area contributed by atoms with Gasteiger partial charge in [-0.05, 0) is 43.3 Å². The highest BCUT2D eigenvalue weighted by molar-refractivity contribution is 5.94. The van der Waals surface area contributed by atoms with Crippen molar-refractivity contribution in [2.75, 3.05) is 13.7 Å². The Kier molecular flexibility index (Phi) is 4.16. The number of hydrogen-bond donors (Lipinski definition) is 0. The van der Waals surface area contributed by atoms with Gasteiger partial charge in [-0.3, -0.25) is 4.79 Å². The van der Waals surface area contributed by atoms with Crippen molar-refractivity contribution in [1.29, 1.82) is 0 Å². The van der Waals surface area contributed by atoms with Gasteiger partial charge in [0.1, 0.15) is 5.75 Å². The highest BCUT2D eigenvalue weighted by Gasteiger charge is 2.25. The first-order valence-electron chi connectivity index (χ1n) is 8.58. The fourth-order valence-corrected chi connectivity index (χ4v) is 3.16. The average Bonchev–Trinajstić information content (AvgIpc) is 3.11. The number of carbonyl (C=O) groups excluding carboxylic acids is 1. The van der Waals surface area contributed by atoms with Gasteiger partial charge in [0.25, 0.3) is 5.91 Å². The molecule has 0 atom stereocenters. The van der Waals surface area contributed by atoms with E-state index in [4.69, 9.17) is 4.74 Å². The molecule has 2 aromatic carbocycles. The maximum atomic E-state index is 12.7. The van der Waals surface area contributed by atoms with Crippen LogP contribution in [0.4, 0.5) is 0 Å². The minimum atomic E-state index is 0.0326. The fourth-order valence-electron chi connectivity index (χ4n) is 3.16. The van der Waals surface area contributed by atoms with E-state index in [1.165, 1.54) is 0 Å². The number of benzene rings is 2. The Balaban J connectivity index is 1.55. The maximum Gasteiger partial charge on any atom is 0.254 e. The molecule has 132 valence electrons. The number of amides is 1. The first-order chi connectivity index (χ1) is 12.7. The molecule has 4 rings (SSSR count). The summed E-state index contributed by atoms with van der Waals surface area (Å²) in [4.78, 5) is 14.5. The van der Waals surface area contributed by atoms with Gasteiger partial charge in [0.05, 0.1) is 13.7 Å². The van der Waals surface area contributed by atoms with Crippen molar-refractivity contribution in [3.8, 4) is 17.1 Å². The summed E-state index contributed by atoms with van der Waals surface area (Å²) < 4.78 is 7.29. The molecule has 3 aromatic rings. The van der Waals surface area contributed by atoms with Gasteiger partial charge in [-0.1, -0.05) is 17.7 Å². The third kappa shape index (κ3) is 2.94. The summed E-state index contributed by atoms with van der Waals surface area (Å²) in [6.07, 6.45) is 0. The average molecular weight is 348 g/mol. The SMILES string of the molecule is COc1ccc(-c2nnc3n2CCN(C(=O)c2ccc(C)cc2)C3)cc1. The Hall–Kier alpha value is -3.15. The summed E-state index contributed by atoms with van der Waals surface area (Å²) in [6, 6.07) is 15.4. The van der Waals surface area contributed by atoms with E-state index >= 15 is 0 Å². The number of nitrogens with zero attached hydrogens (tertiary/aromatic N) is 4. The van der Waals surface area contributed by atoms with Crippen molar-refractivity contribution in [1.82, 2.24) is 19.7 Å². The molecule has 0 radical (unpaired) electrons. The third-order valence-electron chi connectivity index (χ3n) is 4.69. The zero-order valence-corrected chi connectivity index (χ0v) is 14.8. The molecule has 0 saturated carbocycles. The van der Waals surface area contributed by atoms with Crippen LogP contribution in [0, 0.1) is 6.92 Å². The van der Waals surface area contributed by atoms with Crippen LogP contribution in [0.5, 0.6) is 5.75 Å². The number of methoxy groups -OCH3 is 1. The highest BCUT2D eigenvalue weighted by atomic mass is 16.5. The van der Waals surface area contributed by atoms with Crippen LogP contribution in [0.15, 0.2) is 48.5 Å². The summed E-state index contributed by atoms with van der Waals surface area (Å²) in [5.41, 5.74) is 2.84. The molecule has 1 aromatic heterocycles. The molecule has 2 heterocycles. The van der Waals surface area contributed by atoms with Crippen molar-refractivity contribution in [2.45, 2.75) is 20.0 Å². The van der Waals surface area contributed by atoms with E-state index in [0.717, 1.165) is 28.5 Å². The van der Waals surface area contributed by atoms with Gasteiger partial charge >= 0.3 is 0 Å². The summed E-state index contributed by atoms with van der Waals surface area (Å²) in [7, 11) is 1.65. The fraction of sp³-hybridized carbons (Fsp3) is 0.250. The molecular formula is C20H20N4O2. The van der Waals surface area contributed by atoms with Crippen LogP contribution in [0.25, 0.3) is 11.4 Å². The van der Waals surface area contributed by atoms with Crippen molar-refractivity contribution < 1.29 is 9.53 Å². The van der Waals surface area contributed by atoms with E-state index in [0.29, 0.717) is 25.2 Å². The van der Waals surface area contributed by atoms with Gasteiger partial charge < -0.3 is 14.2 Å². The van der Waals surface area contributed by atoms with E-state index in [-0.39, 0.29) is 5.91 Å². The van der Waals surface area contributed by atoms with Gasteiger partial charge in [0, 0.05) is 24.2 Å². The highest BCUT2D eigenvalue weighted by Crippen LogP contribution is 2.24. The number of ether oxygens (including phenoxy) is 1. The summed E-state index contributed by atoms with van der Waals surface area (Å²) in [5.74, 6) is 2.47. The van der Waals surface area contributed by atoms with Crippen LogP contribution in [0.1, 0.15) is 21.7 Å². The van der Waals surface area contributed by atoms with Gasteiger partial charge in [-0.25, -0.2) is 0 Å². The molecule has 0 N–H and O–H groups in total. The topological polar surface area (TPSA) is 60.3 Å². The van der Waals surface area contributed by atoms with Crippen LogP contribution in [0.2, 0.25) is 0 Å². The van der Waals surface area contributed by atoms with E-state index in [1.807, 2.05) is 60.4 Å². The zero-order valence-electron chi connectivity index (χ0n) is 14.8. The molecular weight excluding hydrogens is 328 g/mol. The number of rotatable bonds is 3. The molecule has 0 bridgehead atoms. The van der Waals surface area contributed by atoms with Crippen LogP contribution >= 0.6 is 0 Å². The molecule has 0 saturated heterocycles. The minimum Gasteiger partial charge on any atom is -0.497 e. The van der Waals surface area contributed by atoms with Crippen LogP contribution < -0.4 is 4.74 Å². The number of carbonyl (C=O) groups is 1. The Morgan fingerprint density at radius 1 is 1.00 bits per heavy atom. The Bertz CT molecular complexity index is 929. The smallest absolute Gasteiger partial charge is 0.254 e. The lowest BCUT2D eigenvalue weighted by Gasteiger charge is -2.28. The summed E-state index contributed by atoms with van der Waals surface area (Å²) in [6.45, 7) is 3.80. The Morgan fingerprint density at radius 2 is 1.73 bits per heavy atom. The van der Waals surface area contributed by atoms with Crippen molar-refractivity contribution in [3.05, 3.63) is 65.5 Å². The molecule has 0 fully saturated rings. The number of aryl methyl sites for hydroxylation is 1. The molecule has 0 spiro atoms. The molecule has 1 amide bonds. The number of fused-ring (bicyclic) bond motifs is 1. The van der Waals surface area contributed by atoms with Gasteiger partial charge in [-0.2, -0.15) is 0 Å². The van der Waals surface area contributed by atoms with Crippen molar-refractivity contribution in [2.24, 2.45) is 0 Å². The second-order valence-electron chi connectivity index (χ2n) is 6.41. The zero-order chi connectivity index (χ0) is 18.1. The standard InChI is InChI=1S/C20H20N4O2/c1-14-3-5-16(6-4-14)20(25)23-11-12-24-18(13-23)21-22-19(24)15-7-9-17(26-2)10-8-15/h3-10H,11-13H2,1-2H3. The normalized spacial score (nSPS) is 13.4. The lowest BCUT2D eigenvalue weighted by Crippen LogP contribution is -2.38. The second-order valence-corrected chi connectivity index (χ2v) is 6.41. The Morgan fingerprint density at radius 3 is 2.42 bits per heavy atom. The first kappa shape index (κ1) is 16.3. The molecule has 0 unspecified atom stereocenters. The van der Waals surface area contributed by atoms with E-state index in [1.54, 1.807) is 7.11 Å². The monoisotopic (exact) mass is 348 g/mol. The minimum absolute atomic E-state index is 0.0326. The first-order valence-corrected chi connectivity index (χ1v) is 8.58. The Labute approximate surface area is 152 Å². The summed E-state index contributed by atoms with van der Waals surface area (Å²) in [5, 5.41) is 8.64. The molecule has 1 aliphatic rings. The molecule has 6 nitrogen and oxygen atoms in total. The molecule has 6 heteroatoms.